The topological polar surface area (TPSA) is 99.3 Å². The molecule has 3 rings (SSSR count). The molecule has 1 saturated heterocycles. The molecule has 2 aromatic carbocycles. The van der Waals surface area contributed by atoms with E-state index in [1.807, 2.05) is 11.0 Å². The zero-order valence-electron chi connectivity index (χ0n) is 13.4. The molecule has 25 heavy (non-hydrogen) atoms. The van der Waals surface area contributed by atoms with Crippen molar-refractivity contribution in [2.45, 2.75) is 12.8 Å². The molecule has 0 spiro atoms. The fourth-order valence-corrected chi connectivity index (χ4v) is 2.92. The second kappa shape index (κ2) is 7.01. The van der Waals surface area contributed by atoms with Crippen LogP contribution >= 0.6 is 0 Å². The van der Waals surface area contributed by atoms with Crippen molar-refractivity contribution in [2.75, 3.05) is 23.3 Å². The number of hydrogen-bond donors (Lipinski definition) is 1. The van der Waals surface area contributed by atoms with Crippen molar-refractivity contribution in [3.05, 3.63) is 63.7 Å². The van der Waals surface area contributed by atoms with Gasteiger partial charge in [0.2, 0.25) is 0 Å². The van der Waals surface area contributed by atoms with Gasteiger partial charge in [0.25, 0.3) is 11.6 Å². The van der Waals surface area contributed by atoms with E-state index in [0.29, 0.717) is 16.9 Å². The highest BCUT2D eigenvalue weighted by molar-refractivity contribution is 6.05. The molecule has 1 amide bonds. The molecular weight excluding hydrogens is 320 g/mol. The van der Waals surface area contributed by atoms with Crippen LogP contribution in [0.3, 0.4) is 0 Å². The zero-order chi connectivity index (χ0) is 17.8. The number of nitrogens with one attached hydrogen (secondary N) is 1. The van der Waals surface area contributed by atoms with Crippen molar-refractivity contribution < 1.29 is 9.72 Å². The minimum absolute atomic E-state index is 0.0804. The molecule has 1 N–H and O–H groups in total. The van der Waals surface area contributed by atoms with Crippen molar-refractivity contribution >= 4 is 23.0 Å². The standard InChI is InChI=1S/C18H16N4O3/c19-12-14-5-1-2-6-15(14)20-18(23)13-7-8-16(17(11-13)22(24)25)21-9-3-4-10-21/h1-2,5-8,11H,3-4,9-10H2,(H,20,23). The second-order valence-electron chi connectivity index (χ2n) is 5.77. The molecule has 126 valence electrons. The lowest BCUT2D eigenvalue weighted by atomic mass is 10.1. The van der Waals surface area contributed by atoms with Gasteiger partial charge in [-0.3, -0.25) is 14.9 Å². The largest absolute Gasteiger partial charge is 0.366 e. The van der Waals surface area contributed by atoms with Crippen LogP contribution in [0.2, 0.25) is 0 Å². The lowest BCUT2D eigenvalue weighted by molar-refractivity contribution is -0.384. The number of amides is 1. The van der Waals surface area contributed by atoms with Gasteiger partial charge in [-0.2, -0.15) is 5.26 Å². The number of carbonyl (C=O) groups excluding carboxylic acids is 1. The van der Waals surface area contributed by atoms with Gasteiger partial charge in [-0.25, -0.2) is 0 Å². The Balaban J connectivity index is 1.89. The second-order valence-corrected chi connectivity index (χ2v) is 5.77. The van der Waals surface area contributed by atoms with Crippen molar-refractivity contribution in [3.8, 4) is 6.07 Å². The number of anilines is 2. The molecule has 7 heteroatoms. The summed E-state index contributed by atoms with van der Waals surface area (Å²) in [5.74, 6) is -0.487. The van der Waals surface area contributed by atoms with E-state index >= 15 is 0 Å². The van der Waals surface area contributed by atoms with Crippen LogP contribution < -0.4 is 10.2 Å². The Morgan fingerprint density at radius 1 is 1.20 bits per heavy atom. The molecule has 0 unspecified atom stereocenters. The van der Waals surface area contributed by atoms with Gasteiger partial charge in [-0.15, -0.1) is 0 Å². The lowest BCUT2D eigenvalue weighted by Gasteiger charge is -2.17. The molecule has 1 fully saturated rings. The molecule has 2 aromatic rings. The van der Waals surface area contributed by atoms with E-state index in [1.165, 1.54) is 6.07 Å². The number of nitrogens with zero attached hydrogens (tertiary/aromatic N) is 3. The van der Waals surface area contributed by atoms with Crippen LogP contribution in [0, 0.1) is 21.4 Å². The molecular formula is C18H16N4O3. The van der Waals surface area contributed by atoms with E-state index in [-0.39, 0.29) is 11.3 Å². The highest BCUT2D eigenvalue weighted by Gasteiger charge is 2.24. The van der Waals surface area contributed by atoms with Crippen LogP contribution in [0.15, 0.2) is 42.5 Å². The number of nitro benzene ring substituents is 1. The predicted octanol–water partition coefficient (Wildman–Crippen LogP) is 3.32. The summed E-state index contributed by atoms with van der Waals surface area (Å²) in [4.78, 5) is 25.3. The smallest absolute Gasteiger partial charge is 0.293 e. The quantitative estimate of drug-likeness (QED) is 0.682. The van der Waals surface area contributed by atoms with Crippen LogP contribution in [-0.2, 0) is 0 Å². The normalized spacial score (nSPS) is 13.3. The van der Waals surface area contributed by atoms with Crippen molar-refractivity contribution in [2.24, 2.45) is 0 Å². The molecule has 0 radical (unpaired) electrons. The molecule has 7 nitrogen and oxygen atoms in total. The summed E-state index contributed by atoms with van der Waals surface area (Å²) in [6, 6.07) is 13.1. The third-order valence-corrected chi connectivity index (χ3v) is 4.18. The summed E-state index contributed by atoms with van der Waals surface area (Å²) in [6.07, 6.45) is 2.01. The van der Waals surface area contributed by atoms with E-state index in [2.05, 4.69) is 5.32 Å². The van der Waals surface area contributed by atoms with Crippen LogP contribution in [0.1, 0.15) is 28.8 Å². The molecule has 1 heterocycles. The Morgan fingerprint density at radius 2 is 1.92 bits per heavy atom. The van der Waals surface area contributed by atoms with E-state index in [1.54, 1.807) is 36.4 Å². The van der Waals surface area contributed by atoms with E-state index in [0.717, 1.165) is 25.9 Å². The maximum Gasteiger partial charge on any atom is 0.293 e. The number of nitro groups is 1. The zero-order valence-corrected chi connectivity index (χ0v) is 13.4. The molecule has 0 atom stereocenters. The predicted molar refractivity (Wildman–Crippen MR) is 93.7 cm³/mol. The number of para-hydroxylation sites is 1. The molecule has 1 aliphatic rings. The molecule has 0 aliphatic carbocycles. The first-order valence-electron chi connectivity index (χ1n) is 7.94. The maximum atomic E-state index is 12.4. The van der Waals surface area contributed by atoms with Crippen LogP contribution in [0.4, 0.5) is 17.1 Å². The van der Waals surface area contributed by atoms with Crippen LogP contribution in [0.25, 0.3) is 0 Å². The van der Waals surface area contributed by atoms with Gasteiger partial charge in [0.05, 0.1) is 16.2 Å². The highest BCUT2D eigenvalue weighted by atomic mass is 16.6. The molecule has 0 aromatic heterocycles. The Hall–Kier alpha value is -3.40. The number of nitriles is 1. The number of carbonyl (C=O) groups is 1. The van der Waals surface area contributed by atoms with Gasteiger partial charge in [-0.05, 0) is 37.1 Å². The van der Waals surface area contributed by atoms with Gasteiger partial charge in [-0.1, -0.05) is 12.1 Å². The number of rotatable bonds is 4. The lowest BCUT2D eigenvalue weighted by Crippen LogP contribution is -2.20. The first-order chi connectivity index (χ1) is 12.1. The summed E-state index contributed by atoms with van der Waals surface area (Å²) in [6.45, 7) is 1.56. The first kappa shape index (κ1) is 16.5. The summed E-state index contributed by atoms with van der Waals surface area (Å²) in [7, 11) is 0. The van der Waals surface area contributed by atoms with Crippen molar-refractivity contribution in [1.82, 2.24) is 0 Å². The summed E-state index contributed by atoms with van der Waals surface area (Å²) >= 11 is 0. The van der Waals surface area contributed by atoms with Crippen molar-refractivity contribution in [3.63, 3.8) is 0 Å². The van der Waals surface area contributed by atoms with E-state index < -0.39 is 10.8 Å². The van der Waals surface area contributed by atoms with Crippen LogP contribution in [0.5, 0.6) is 0 Å². The number of benzene rings is 2. The third kappa shape index (κ3) is 3.43. The van der Waals surface area contributed by atoms with Gasteiger partial charge >= 0.3 is 0 Å². The van der Waals surface area contributed by atoms with E-state index in [9.17, 15) is 14.9 Å². The summed E-state index contributed by atoms with van der Waals surface area (Å²) in [5.41, 5.74) is 1.35. The van der Waals surface area contributed by atoms with Gasteiger partial charge in [0.1, 0.15) is 11.8 Å². The average Bonchev–Trinajstić information content (AvgIpc) is 3.16. The summed E-state index contributed by atoms with van der Waals surface area (Å²) in [5, 5.41) is 23.1. The van der Waals surface area contributed by atoms with E-state index in [4.69, 9.17) is 5.26 Å². The highest BCUT2D eigenvalue weighted by Crippen LogP contribution is 2.32. The monoisotopic (exact) mass is 336 g/mol. The van der Waals surface area contributed by atoms with Crippen molar-refractivity contribution in [1.29, 1.82) is 5.26 Å². The number of hydrogen-bond acceptors (Lipinski definition) is 5. The fraction of sp³-hybridized carbons (Fsp3) is 0.222. The minimum Gasteiger partial charge on any atom is -0.366 e. The molecule has 0 bridgehead atoms. The Morgan fingerprint density at radius 3 is 2.60 bits per heavy atom. The fourth-order valence-electron chi connectivity index (χ4n) is 2.92. The Bertz CT molecular complexity index is 867. The summed E-state index contributed by atoms with van der Waals surface area (Å²) < 4.78 is 0. The first-order valence-corrected chi connectivity index (χ1v) is 7.94. The maximum absolute atomic E-state index is 12.4. The SMILES string of the molecule is N#Cc1ccccc1NC(=O)c1ccc(N2CCCC2)c([N+](=O)[O-])c1. The third-order valence-electron chi connectivity index (χ3n) is 4.18. The minimum atomic E-state index is -0.487. The van der Waals surface area contributed by atoms with Crippen LogP contribution in [-0.4, -0.2) is 23.9 Å². The van der Waals surface area contributed by atoms with Gasteiger partial charge in [0, 0.05) is 24.7 Å². The van der Waals surface area contributed by atoms with Gasteiger partial charge in [0.15, 0.2) is 0 Å². The Labute approximate surface area is 144 Å². The molecule has 1 aliphatic heterocycles. The average molecular weight is 336 g/mol. The molecule has 0 saturated carbocycles. The van der Waals surface area contributed by atoms with Gasteiger partial charge < -0.3 is 10.2 Å². The Kier molecular flexibility index (Phi) is 4.61.